The maximum atomic E-state index is 5.05. The topological polar surface area (TPSA) is 59.9 Å². The Morgan fingerprint density at radius 2 is 2.19 bits per heavy atom. The zero-order valence-electron chi connectivity index (χ0n) is 11.3. The number of anilines is 1. The lowest BCUT2D eigenvalue weighted by molar-refractivity contribution is 0.397. The van der Waals surface area contributed by atoms with Gasteiger partial charge < -0.3 is 10.1 Å². The van der Waals surface area contributed by atoms with Crippen molar-refractivity contribution in [2.75, 3.05) is 19.0 Å². The van der Waals surface area contributed by atoms with Crippen molar-refractivity contribution in [1.82, 2.24) is 15.0 Å². The molecule has 1 N–H and O–H groups in total. The highest BCUT2D eigenvalue weighted by molar-refractivity contribution is 9.10. The second-order valence-electron chi connectivity index (χ2n) is 4.37. The van der Waals surface area contributed by atoms with Crippen molar-refractivity contribution in [3.05, 3.63) is 40.1 Å². The fraction of sp³-hybridized carbons (Fsp3) is 0.214. The van der Waals surface area contributed by atoms with E-state index in [2.05, 4.69) is 36.2 Å². The highest BCUT2D eigenvalue weighted by Crippen LogP contribution is 2.32. The molecule has 0 aliphatic carbocycles. The van der Waals surface area contributed by atoms with Crippen molar-refractivity contribution in [2.24, 2.45) is 0 Å². The average Bonchev–Trinajstić information content (AvgIpc) is 2.90. The van der Waals surface area contributed by atoms with Gasteiger partial charge in [-0.2, -0.15) is 0 Å². The summed E-state index contributed by atoms with van der Waals surface area (Å²) in [5.41, 5.74) is 1.15. The number of pyridine rings is 1. The van der Waals surface area contributed by atoms with Crippen LogP contribution in [-0.2, 0) is 6.42 Å². The Bertz CT molecular complexity index is 744. The quantitative estimate of drug-likeness (QED) is 0.750. The smallest absolute Gasteiger partial charge is 0.212 e. The van der Waals surface area contributed by atoms with E-state index in [1.807, 2.05) is 23.7 Å². The van der Waals surface area contributed by atoms with Gasteiger partial charge in [0.2, 0.25) is 5.88 Å². The van der Waals surface area contributed by atoms with E-state index in [9.17, 15) is 0 Å². The van der Waals surface area contributed by atoms with Gasteiger partial charge in [-0.25, -0.2) is 15.0 Å². The number of fused-ring (bicyclic) bond motifs is 1. The van der Waals surface area contributed by atoms with Crippen molar-refractivity contribution >= 4 is 43.3 Å². The number of hydrogen-bond donors (Lipinski definition) is 1. The fourth-order valence-corrected chi connectivity index (χ4v) is 3.53. The largest absolute Gasteiger partial charge is 0.481 e. The first-order valence-electron chi connectivity index (χ1n) is 6.38. The number of rotatable bonds is 5. The maximum absolute atomic E-state index is 5.05. The second-order valence-corrected chi connectivity index (χ2v) is 6.08. The average molecular weight is 365 g/mol. The molecule has 0 radical (unpaired) electrons. The molecule has 0 atom stereocenters. The van der Waals surface area contributed by atoms with E-state index >= 15 is 0 Å². The first-order chi connectivity index (χ1) is 10.3. The first-order valence-corrected chi connectivity index (χ1v) is 8.05. The monoisotopic (exact) mass is 364 g/mol. The van der Waals surface area contributed by atoms with Gasteiger partial charge in [-0.05, 0) is 27.9 Å². The van der Waals surface area contributed by atoms with Crippen LogP contribution >= 0.6 is 27.3 Å². The van der Waals surface area contributed by atoms with Crippen LogP contribution in [0.2, 0.25) is 0 Å². The lowest BCUT2D eigenvalue weighted by Gasteiger charge is -2.07. The molecule has 0 fully saturated rings. The number of thiophene rings is 1. The number of nitrogens with one attached hydrogen (secondary N) is 1. The number of aromatic nitrogens is 3. The molecular weight excluding hydrogens is 352 g/mol. The van der Waals surface area contributed by atoms with E-state index < -0.39 is 0 Å². The molecule has 0 aliphatic heterocycles. The predicted octanol–water partition coefficient (Wildman–Crippen LogP) is 3.51. The van der Waals surface area contributed by atoms with E-state index in [0.717, 1.165) is 39.0 Å². The number of halogens is 1. The summed E-state index contributed by atoms with van der Waals surface area (Å²) in [4.78, 5) is 13.8. The molecule has 0 aromatic carbocycles. The molecule has 108 valence electrons. The Balaban J connectivity index is 1.67. The number of methoxy groups -OCH3 is 1. The minimum absolute atomic E-state index is 0.631. The summed E-state index contributed by atoms with van der Waals surface area (Å²) >= 11 is 5.14. The van der Waals surface area contributed by atoms with E-state index in [1.165, 1.54) is 0 Å². The van der Waals surface area contributed by atoms with E-state index in [4.69, 9.17) is 4.74 Å². The van der Waals surface area contributed by atoms with Crippen molar-refractivity contribution in [3.63, 3.8) is 0 Å². The first kappa shape index (κ1) is 14.2. The van der Waals surface area contributed by atoms with Gasteiger partial charge >= 0.3 is 0 Å². The zero-order valence-corrected chi connectivity index (χ0v) is 13.7. The van der Waals surface area contributed by atoms with Crippen LogP contribution in [0.1, 0.15) is 5.56 Å². The van der Waals surface area contributed by atoms with Gasteiger partial charge in [0.15, 0.2) is 0 Å². The summed E-state index contributed by atoms with van der Waals surface area (Å²) in [7, 11) is 1.61. The van der Waals surface area contributed by atoms with Gasteiger partial charge in [-0.15, -0.1) is 11.3 Å². The van der Waals surface area contributed by atoms with Gasteiger partial charge in [-0.3, -0.25) is 0 Å². The molecule has 0 spiro atoms. The summed E-state index contributed by atoms with van der Waals surface area (Å²) in [5, 5.41) is 6.42. The van der Waals surface area contributed by atoms with E-state index in [1.54, 1.807) is 24.8 Å². The summed E-state index contributed by atoms with van der Waals surface area (Å²) < 4.78 is 6.07. The molecule has 0 saturated heterocycles. The molecular formula is C14H13BrN4OS. The van der Waals surface area contributed by atoms with Gasteiger partial charge in [0.05, 0.1) is 12.5 Å². The zero-order chi connectivity index (χ0) is 14.7. The molecule has 3 heterocycles. The van der Waals surface area contributed by atoms with Crippen molar-refractivity contribution < 1.29 is 4.74 Å². The van der Waals surface area contributed by atoms with Gasteiger partial charge in [-0.1, -0.05) is 6.07 Å². The molecule has 5 nitrogen and oxygen atoms in total. The highest BCUT2D eigenvalue weighted by Gasteiger charge is 2.09. The highest BCUT2D eigenvalue weighted by atomic mass is 79.9. The van der Waals surface area contributed by atoms with E-state index in [-0.39, 0.29) is 0 Å². The summed E-state index contributed by atoms with van der Waals surface area (Å²) in [6, 6.07) is 3.89. The molecule has 3 rings (SSSR count). The Labute approximate surface area is 134 Å². The van der Waals surface area contributed by atoms with Crippen LogP contribution in [-0.4, -0.2) is 28.6 Å². The maximum Gasteiger partial charge on any atom is 0.212 e. The molecule has 3 aromatic rings. The molecule has 0 amide bonds. The van der Waals surface area contributed by atoms with Crippen LogP contribution in [0.25, 0.3) is 10.2 Å². The third-order valence-corrected chi connectivity index (χ3v) is 4.85. The minimum Gasteiger partial charge on any atom is -0.481 e. The third kappa shape index (κ3) is 3.14. The van der Waals surface area contributed by atoms with Gasteiger partial charge in [0.1, 0.15) is 17.0 Å². The lowest BCUT2D eigenvalue weighted by atomic mass is 10.2. The molecule has 21 heavy (non-hydrogen) atoms. The molecule has 0 bridgehead atoms. The molecule has 3 aromatic heterocycles. The Kier molecular flexibility index (Phi) is 4.31. The Hall–Kier alpha value is -1.73. The number of ether oxygens (including phenoxy) is 1. The van der Waals surface area contributed by atoms with Crippen LogP contribution in [0.4, 0.5) is 5.82 Å². The van der Waals surface area contributed by atoms with Crippen molar-refractivity contribution in [2.45, 2.75) is 6.42 Å². The molecule has 0 aliphatic rings. The normalized spacial score (nSPS) is 10.8. The predicted molar refractivity (Wildman–Crippen MR) is 88.1 cm³/mol. The molecule has 7 heteroatoms. The minimum atomic E-state index is 0.631. The van der Waals surface area contributed by atoms with Gasteiger partial charge in [0.25, 0.3) is 0 Å². The molecule has 0 saturated carbocycles. The summed E-state index contributed by atoms with van der Waals surface area (Å²) in [5.74, 6) is 1.49. The summed E-state index contributed by atoms with van der Waals surface area (Å²) in [6.45, 7) is 0.780. The van der Waals surface area contributed by atoms with Crippen LogP contribution in [0.5, 0.6) is 5.88 Å². The van der Waals surface area contributed by atoms with E-state index in [0.29, 0.717) is 5.88 Å². The van der Waals surface area contributed by atoms with Gasteiger partial charge in [0, 0.05) is 28.7 Å². The second kappa shape index (κ2) is 6.36. The third-order valence-electron chi connectivity index (χ3n) is 3.04. The SMILES string of the molecule is COc1ccc(CCNc2ncnc3scc(Br)c23)cn1. The Morgan fingerprint density at radius 1 is 1.29 bits per heavy atom. The van der Waals surface area contributed by atoms with Crippen LogP contribution in [0, 0.1) is 0 Å². The van der Waals surface area contributed by atoms with Crippen LogP contribution < -0.4 is 10.1 Å². The summed E-state index contributed by atoms with van der Waals surface area (Å²) in [6.07, 6.45) is 4.28. The fourth-order valence-electron chi connectivity index (χ4n) is 1.98. The Morgan fingerprint density at radius 3 is 2.95 bits per heavy atom. The van der Waals surface area contributed by atoms with Crippen molar-refractivity contribution in [3.8, 4) is 5.88 Å². The van der Waals surface area contributed by atoms with Crippen LogP contribution in [0.15, 0.2) is 34.5 Å². The lowest BCUT2D eigenvalue weighted by Crippen LogP contribution is -2.07. The standard InChI is InChI=1S/C14H13BrN4OS/c1-20-11-3-2-9(6-17-11)4-5-16-13-12-10(15)7-21-14(12)19-8-18-13/h2-3,6-8H,4-5H2,1H3,(H,16,18,19). The van der Waals surface area contributed by atoms with Crippen molar-refractivity contribution in [1.29, 1.82) is 0 Å². The van der Waals surface area contributed by atoms with Crippen LogP contribution in [0.3, 0.4) is 0 Å². The number of hydrogen-bond acceptors (Lipinski definition) is 6. The number of nitrogens with zero attached hydrogens (tertiary/aromatic N) is 3. The molecule has 0 unspecified atom stereocenters.